The van der Waals surface area contributed by atoms with Gasteiger partial charge in [0, 0.05) is 23.9 Å². The Morgan fingerprint density at radius 3 is 2.82 bits per heavy atom. The Labute approximate surface area is 100 Å². The van der Waals surface area contributed by atoms with E-state index in [1.165, 1.54) is 19.5 Å². The summed E-state index contributed by atoms with van der Waals surface area (Å²) in [5.74, 6) is 0.213. The Kier molecular flexibility index (Phi) is 3.11. The summed E-state index contributed by atoms with van der Waals surface area (Å²) >= 11 is 0. The zero-order valence-corrected chi connectivity index (χ0v) is 10.1. The molecule has 5 heteroatoms. The van der Waals surface area contributed by atoms with Crippen molar-refractivity contribution in [2.75, 3.05) is 7.11 Å². The first-order chi connectivity index (χ1) is 8.09. The number of hydrogen-bond donors (Lipinski definition) is 1. The molecule has 2 unspecified atom stereocenters. The molecular weight excluding hydrogens is 218 g/mol. The lowest BCUT2D eigenvalue weighted by molar-refractivity contribution is 0.0792. The zero-order valence-electron chi connectivity index (χ0n) is 10.1. The molecule has 1 saturated carbocycles. The van der Waals surface area contributed by atoms with Crippen LogP contribution in [0.2, 0.25) is 0 Å². The molecule has 0 amide bonds. The van der Waals surface area contributed by atoms with E-state index in [-0.39, 0.29) is 23.4 Å². The molecule has 1 aliphatic rings. The normalized spacial score (nSPS) is 28.1. The summed E-state index contributed by atoms with van der Waals surface area (Å²) < 4.78 is 5.07. The van der Waals surface area contributed by atoms with Gasteiger partial charge < -0.3 is 10.5 Å². The molecule has 1 aromatic rings. The third-order valence-electron chi connectivity index (χ3n) is 3.62. The van der Waals surface area contributed by atoms with Gasteiger partial charge in [-0.25, -0.2) is 9.97 Å². The van der Waals surface area contributed by atoms with Gasteiger partial charge in [-0.2, -0.15) is 0 Å². The second-order valence-corrected chi connectivity index (χ2v) is 4.66. The van der Waals surface area contributed by atoms with Crippen LogP contribution in [0, 0.1) is 5.41 Å². The van der Waals surface area contributed by atoms with Gasteiger partial charge in [0.2, 0.25) is 5.88 Å². The number of nitrogens with two attached hydrogens (primary N) is 1. The summed E-state index contributed by atoms with van der Waals surface area (Å²) in [6.07, 6.45) is 5.66. The fraction of sp³-hybridized carbons (Fsp3) is 0.583. The van der Waals surface area contributed by atoms with E-state index in [0.717, 1.165) is 19.3 Å². The maximum absolute atomic E-state index is 12.5. The van der Waals surface area contributed by atoms with Crippen LogP contribution in [0.25, 0.3) is 0 Å². The van der Waals surface area contributed by atoms with Gasteiger partial charge in [0.05, 0.1) is 7.11 Å². The van der Waals surface area contributed by atoms with E-state index in [0.29, 0.717) is 0 Å². The predicted octanol–water partition coefficient (Wildman–Crippen LogP) is 1.19. The molecule has 0 bridgehead atoms. The number of Topliss-reactive ketones (excluding diaryl/α,β-unsaturated/α-hetero) is 1. The van der Waals surface area contributed by atoms with E-state index in [2.05, 4.69) is 9.97 Å². The van der Waals surface area contributed by atoms with Gasteiger partial charge in [-0.3, -0.25) is 4.79 Å². The Bertz CT molecular complexity index is 436. The van der Waals surface area contributed by atoms with Crippen molar-refractivity contribution in [1.82, 2.24) is 9.97 Å². The van der Waals surface area contributed by atoms with Crippen LogP contribution in [0.5, 0.6) is 5.88 Å². The van der Waals surface area contributed by atoms with Crippen molar-refractivity contribution in [3.05, 3.63) is 18.1 Å². The molecule has 0 aliphatic heterocycles. The highest BCUT2D eigenvalue weighted by molar-refractivity contribution is 6.01. The van der Waals surface area contributed by atoms with Crippen LogP contribution in [0.4, 0.5) is 0 Å². The van der Waals surface area contributed by atoms with Crippen molar-refractivity contribution in [2.45, 2.75) is 32.2 Å². The predicted molar refractivity (Wildman–Crippen MR) is 62.8 cm³/mol. The molecule has 1 aliphatic carbocycles. The van der Waals surface area contributed by atoms with Crippen LogP contribution in [0.15, 0.2) is 12.4 Å². The second kappa shape index (κ2) is 4.41. The zero-order chi connectivity index (χ0) is 12.5. The van der Waals surface area contributed by atoms with Crippen LogP contribution >= 0.6 is 0 Å². The van der Waals surface area contributed by atoms with E-state index in [4.69, 9.17) is 10.5 Å². The smallest absolute Gasteiger partial charge is 0.243 e. The molecule has 2 N–H and O–H groups in total. The lowest BCUT2D eigenvalue weighted by Gasteiger charge is -2.26. The fourth-order valence-corrected chi connectivity index (χ4v) is 2.38. The molecule has 17 heavy (non-hydrogen) atoms. The lowest BCUT2D eigenvalue weighted by atomic mass is 9.79. The van der Waals surface area contributed by atoms with Gasteiger partial charge in [-0.05, 0) is 12.8 Å². The standard InChI is InChI=1S/C12H17N3O2/c1-12(5-3-4-8(12)13)10(16)9-11(17-2)15-7-6-14-9/h6-8H,3-5,13H2,1-2H3. The number of methoxy groups -OCH3 is 1. The molecule has 92 valence electrons. The molecule has 0 spiro atoms. The summed E-state index contributed by atoms with van der Waals surface area (Å²) in [6.45, 7) is 1.90. The van der Waals surface area contributed by atoms with E-state index < -0.39 is 5.41 Å². The summed E-state index contributed by atoms with van der Waals surface area (Å²) in [5, 5.41) is 0. The van der Waals surface area contributed by atoms with Crippen LogP contribution in [0.1, 0.15) is 36.7 Å². The Balaban J connectivity index is 2.37. The number of ketones is 1. The largest absolute Gasteiger partial charge is 0.479 e. The third-order valence-corrected chi connectivity index (χ3v) is 3.62. The number of rotatable bonds is 3. The monoisotopic (exact) mass is 235 g/mol. The summed E-state index contributed by atoms with van der Waals surface area (Å²) in [4.78, 5) is 20.6. The number of ether oxygens (including phenoxy) is 1. The van der Waals surface area contributed by atoms with Crippen molar-refractivity contribution in [3.63, 3.8) is 0 Å². The van der Waals surface area contributed by atoms with Crippen LogP contribution in [-0.2, 0) is 0 Å². The topological polar surface area (TPSA) is 78.1 Å². The molecule has 5 nitrogen and oxygen atoms in total. The molecule has 0 saturated heterocycles. The maximum atomic E-state index is 12.5. The van der Waals surface area contributed by atoms with E-state index >= 15 is 0 Å². The first-order valence-electron chi connectivity index (χ1n) is 5.75. The average molecular weight is 235 g/mol. The Hall–Kier alpha value is -1.49. The Morgan fingerprint density at radius 1 is 1.53 bits per heavy atom. The lowest BCUT2D eigenvalue weighted by Crippen LogP contribution is -2.41. The van der Waals surface area contributed by atoms with Gasteiger partial charge >= 0.3 is 0 Å². The van der Waals surface area contributed by atoms with Gasteiger partial charge in [-0.15, -0.1) is 0 Å². The molecular formula is C12H17N3O2. The molecule has 1 heterocycles. The fourth-order valence-electron chi connectivity index (χ4n) is 2.38. The molecule has 2 atom stereocenters. The van der Waals surface area contributed by atoms with Crippen LogP contribution in [0.3, 0.4) is 0 Å². The number of nitrogens with zero attached hydrogens (tertiary/aromatic N) is 2. The van der Waals surface area contributed by atoms with E-state index in [9.17, 15) is 4.79 Å². The Morgan fingerprint density at radius 2 is 2.24 bits per heavy atom. The van der Waals surface area contributed by atoms with Gasteiger partial charge in [0.25, 0.3) is 0 Å². The summed E-state index contributed by atoms with van der Waals surface area (Å²) in [7, 11) is 1.48. The number of hydrogen-bond acceptors (Lipinski definition) is 5. The SMILES string of the molecule is COc1nccnc1C(=O)C1(C)CCCC1N. The quantitative estimate of drug-likeness (QED) is 0.796. The highest BCUT2D eigenvalue weighted by Gasteiger charge is 2.44. The van der Waals surface area contributed by atoms with Gasteiger partial charge in [-0.1, -0.05) is 13.3 Å². The maximum Gasteiger partial charge on any atom is 0.243 e. The van der Waals surface area contributed by atoms with Crippen LogP contribution in [-0.4, -0.2) is 28.9 Å². The molecule has 0 radical (unpaired) electrons. The van der Waals surface area contributed by atoms with E-state index in [1.807, 2.05) is 6.92 Å². The minimum atomic E-state index is -0.538. The first-order valence-corrected chi connectivity index (χ1v) is 5.75. The summed E-state index contributed by atoms with van der Waals surface area (Å²) in [5.41, 5.74) is 5.78. The highest BCUT2D eigenvalue weighted by atomic mass is 16.5. The minimum Gasteiger partial charge on any atom is -0.479 e. The molecule has 2 rings (SSSR count). The summed E-state index contributed by atoms with van der Waals surface area (Å²) in [6, 6.07) is -0.110. The number of carbonyl (C=O) groups excluding carboxylic acids is 1. The number of carbonyl (C=O) groups is 1. The first kappa shape index (κ1) is 12.0. The van der Waals surface area contributed by atoms with Crippen molar-refractivity contribution in [3.8, 4) is 5.88 Å². The van der Waals surface area contributed by atoms with Crippen molar-refractivity contribution < 1.29 is 9.53 Å². The average Bonchev–Trinajstić information content (AvgIpc) is 2.70. The van der Waals surface area contributed by atoms with Crippen LogP contribution < -0.4 is 10.5 Å². The third kappa shape index (κ3) is 1.91. The molecule has 1 aromatic heterocycles. The molecule has 1 fully saturated rings. The van der Waals surface area contributed by atoms with E-state index in [1.54, 1.807) is 0 Å². The highest BCUT2D eigenvalue weighted by Crippen LogP contribution is 2.40. The molecule has 0 aromatic carbocycles. The van der Waals surface area contributed by atoms with Crippen molar-refractivity contribution in [2.24, 2.45) is 11.1 Å². The van der Waals surface area contributed by atoms with Crippen molar-refractivity contribution >= 4 is 5.78 Å². The minimum absolute atomic E-state index is 0.0625. The van der Waals surface area contributed by atoms with Gasteiger partial charge in [0.15, 0.2) is 11.5 Å². The second-order valence-electron chi connectivity index (χ2n) is 4.66. The van der Waals surface area contributed by atoms with Crippen molar-refractivity contribution in [1.29, 1.82) is 0 Å². The van der Waals surface area contributed by atoms with Gasteiger partial charge in [0.1, 0.15) is 0 Å². The number of aromatic nitrogens is 2.